The lowest BCUT2D eigenvalue weighted by Gasteiger charge is -2.11. The maximum Gasteiger partial charge on any atom is 0.213 e. The zero-order valence-corrected chi connectivity index (χ0v) is 15.8. The van der Waals surface area contributed by atoms with Gasteiger partial charge in [-0.3, -0.25) is 4.79 Å². The van der Waals surface area contributed by atoms with E-state index in [4.69, 9.17) is 23.0 Å². The van der Waals surface area contributed by atoms with E-state index in [-0.39, 0.29) is 17.4 Å². The number of aromatic amines is 1. The number of aryl methyl sites for hydroxylation is 1. The number of H-pyrrole nitrogens is 1. The summed E-state index contributed by atoms with van der Waals surface area (Å²) in [5.74, 6) is 2.49. The Kier molecular flexibility index (Phi) is 4.64. The second-order valence-corrected chi connectivity index (χ2v) is 6.72. The Balaban J connectivity index is 2.08. The van der Waals surface area contributed by atoms with Crippen molar-refractivity contribution in [2.75, 3.05) is 0 Å². The van der Waals surface area contributed by atoms with Crippen molar-refractivity contribution in [1.82, 2.24) is 19.9 Å². The van der Waals surface area contributed by atoms with E-state index in [1.54, 1.807) is 12.3 Å². The molecule has 0 fully saturated rings. The number of halogens is 1. The molecular formula is C22H15ClN4O. The number of pyridine rings is 2. The molecule has 28 heavy (non-hydrogen) atoms. The Bertz CT molecular complexity index is 1270. The van der Waals surface area contributed by atoms with Gasteiger partial charge in [0.05, 0.1) is 11.4 Å². The van der Waals surface area contributed by atoms with E-state index in [0.29, 0.717) is 27.8 Å². The third kappa shape index (κ3) is 3.26. The lowest BCUT2D eigenvalue weighted by molar-refractivity contribution is 1.15. The summed E-state index contributed by atoms with van der Waals surface area (Å²) in [5, 5.41) is 0.353. The highest BCUT2D eigenvalue weighted by Gasteiger charge is 2.17. The Labute approximate surface area is 166 Å². The second kappa shape index (κ2) is 7.26. The molecule has 4 rings (SSSR count). The van der Waals surface area contributed by atoms with E-state index in [0.717, 1.165) is 16.8 Å². The van der Waals surface area contributed by atoms with E-state index in [1.807, 2.05) is 43.3 Å². The van der Waals surface area contributed by atoms with Crippen LogP contribution in [0.1, 0.15) is 11.3 Å². The van der Waals surface area contributed by atoms with Gasteiger partial charge in [0, 0.05) is 35.0 Å². The fourth-order valence-electron chi connectivity index (χ4n) is 3.07. The highest BCUT2D eigenvalue weighted by Crippen LogP contribution is 2.31. The average Bonchev–Trinajstić information content (AvgIpc) is 2.69. The summed E-state index contributed by atoms with van der Waals surface area (Å²) in [7, 11) is 0. The number of nitrogens with one attached hydrogen (secondary N) is 1. The van der Waals surface area contributed by atoms with Gasteiger partial charge in [0.2, 0.25) is 5.43 Å². The van der Waals surface area contributed by atoms with Crippen LogP contribution in [0.4, 0.5) is 0 Å². The van der Waals surface area contributed by atoms with E-state index >= 15 is 0 Å². The molecule has 0 aliphatic heterocycles. The van der Waals surface area contributed by atoms with Crippen molar-refractivity contribution in [3.8, 4) is 34.9 Å². The van der Waals surface area contributed by atoms with E-state index < -0.39 is 0 Å². The van der Waals surface area contributed by atoms with Crippen molar-refractivity contribution >= 4 is 22.8 Å². The van der Waals surface area contributed by atoms with Crippen LogP contribution in [0.15, 0.2) is 53.5 Å². The summed E-state index contributed by atoms with van der Waals surface area (Å²) in [4.78, 5) is 29.5. The Morgan fingerprint density at radius 1 is 1.07 bits per heavy atom. The predicted molar refractivity (Wildman–Crippen MR) is 111 cm³/mol. The van der Waals surface area contributed by atoms with Gasteiger partial charge in [-0.25, -0.2) is 15.0 Å². The molecule has 3 heterocycles. The minimum Gasteiger partial charge on any atom is -0.344 e. The lowest BCUT2D eigenvalue weighted by Crippen LogP contribution is -2.13. The van der Waals surface area contributed by atoms with Crippen LogP contribution in [0, 0.1) is 19.3 Å². The molecular weight excluding hydrogens is 372 g/mol. The number of rotatable bonds is 3. The molecule has 0 spiro atoms. The Morgan fingerprint density at radius 3 is 2.54 bits per heavy atom. The third-order valence-corrected chi connectivity index (χ3v) is 4.51. The van der Waals surface area contributed by atoms with Crippen LogP contribution in [0.5, 0.6) is 0 Å². The van der Waals surface area contributed by atoms with E-state index in [2.05, 4.69) is 20.9 Å². The number of fused-ring (bicyclic) bond motifs is 1. The summed E-state index contributed by atoms with van der Waals surface area (Å²) in [6, 6.07) is 13.3. The molecule has 1 aromatic carbocycles. The normalized spacial score (nSPS) is 10.8. The van der Waals surface area contributed by atoms with Crippen molar-refractivity contribution in [2.24, 2.45) is 0 Å². The zero-order valence-electron chi connectivity index (χ0n) is 15.0. The molecule has 0 radical (unpaired) electrons. The number of hydrogen-bond donors (Lipinski definition) is 1. The standard InChI is InChI=1S/C22H15ClN4O/c1-3-7-15-12-24-22-20(21(15)28)26-19(16-10-13(2)25-17(23)11-16)18(27-22)14-8-5-4-6-9-14/h1,4-6,8-12H,7H2,2H3,(H,24,27,28). The number of hydrogen-bond acceptors (Lipinski definition) is 4. The molecule has 5 nitrogen and oxygen atoms in total. The van der Waals surface area contributed by atoms with E-state index in [9.17, 15) is 4.79 Å². The van der Waals surface area contributed by atoms with E-state index in [1.165, 1.54) is 0 Å². The van der Waals surface area contributed by atoms with Gasteiger partial charge < -0.3 is 4.98 Å². The maximum atomic E-state index is 12.8. The SMILES string of the molecule is C#CCc1c[nH]c2nc(-c3ccccc3)c(-c3cc(C)nc(Cl)c3)nc2c1=O. The molecule has 136 valence electrons. The quantitative estimate of drug-likeness (QED) is 0.423. The number of benzene rings is 1. The average molecular weight is 387 g/mol. The highest BCUT2D eigenvalue weighted by atomic mass is 35.5. The van der Waals surface area contributed by atoms with Crippen LogP contribution >= 0.6 is 11.6 Å². The third-order valence-electron chi connectivity index (χ3n) is 4.32. The van der Waals surface area contributed by atoms with Gasteiger partial charge >= 0.3 is 0 Å². The summed E-state index contributed by atoms with van der Waals surface area (Å²) in [6.45, 7) is 1.85. The molecule has 0 saturated carbocycles. The maximum absolute atomic E-state index is 12.8. The molecule has 0 aliphatic rings. The smallest absolute Gasteiger partial charge is 0.213 e. The van der Waals surface area contributed by atoms with Crippen LogP contribution in [-0.4, -0.2) is 19.9 Å². The molecule has 0 saturated heterocycles. The molecule has 6 heteroatoms. The van der Waals surface area contributed by atoms with Crippen LogP contribution in [0.2, 0.25) is 5.15 Å². The molecule has 0 aliphatic carbocycles. The monoisotopic (exact) mass is 386 g/mol. The number of aromatic nitrogens is 4. The van der Waals surface area contributed by atoms with Gasteiger partial charge in [-0.2, -0.15) is 0 Å². The summed E-state index contributed by atoms with van der Waals surface area (Å²) in [5.41, 5.74) is 4.49. The molecule has 4 aromatic rings. The fraction of sp³-hybridized carbons (Fsp3) is 0.0909. The molecule has 1 N–H and O–H groups in total. The zero-order chi connectivity index (χ0) is 19.7. The minimum atomic E-state index is -0.225. The first kappa shape index (κ1) is 17.9. The summed E-state index contributed by atoms with van der Waals surface area (Å²) < 4.78 is 0. The van der Waals surface area contributed by atoms with Gasteiger partial charge in [0.15, 0.2) is 11.2 Å². The van der Waals surface area contributed by atoms with Crippen molar-refractivity contribution in [2.45, 2.75) is 13.3 Å². The van der Waals surface area contributed by atoms with Gasteiger partial charge in [-0.15, -0.1) is 12.3 Å². The van der Waals surface area contributed by atoms with Crippen LogP contribution < -0.4 is 5.43 Å². The first-order valence-electron chi connectivity index (χ1n) is 8.62. The Hall–Kier alpha value is -3.49. The van der Waals surface area contributed by atoms with Crippen molar-refractivity contribution in [1.29, 1.82) is 0 Å². The predicted octanol–water partition coefficient (Wildman–Crippen LogP) is 4.18. The van der Waals surface area contributed by atoms with Crippen molar-refractivity contribution in [3.63, 3.8) is 0 Å². The van der Waals surface area contributed by atoms with Gasteiger partial charge in [0.1, 0.15) is 5.15 Å². The summed E-state index contributed by atoms with van der Waals surface area (Å²) >= 11 is 6.16. The van der Waals surface area contributed by atoms with Crippen molar-refractivity contribution < 1.29 is 0 Å². The van der Waals surface area contributed by atoms with Crippen LogP contribution in [0.25, 0.3) is 33.7 Å². The first-order valence-corrected chi connectivity index (χ1v) is 9.00. The van der Waals surface area contributed by atoms with Crippen LogP contribution in [0.3, 0.4) is 0 Å². The fourth-order valence-corrected chi connectivity index (χ4v) is 3.32. The largest absolute Gasteiger partial charge is 0.344 e. The molecule has 0 atom stereocenters. The van der Waals surface area contributed by atoms with Crippen LogP contribution in [-0.2, 0) is 6.42 Å². The molecule has 3 aromatic heterocycles. The molecule has 0 amide bonds. The summed E-state index contributed by atoms with van der Waals surface area (Å²) in [6.07, 6.45) is 7.19. The minimum absolute atomic E-state index is 0.225. The van der Waals surface area contributed by atoms with Gasteiger partial charge in [-0.05, 0) is 19.1 Å². The first-order chi connectivity index (χ1) is 13.6. The topological polar surface area (TPSA) is 71.5 Å². The highest BCUT2D eigenvalue weighted by molar-refractivity contribution is 6.29. The van der Waals surface area contributed by atoms with Gasteiger partial charge in [0.25, 0.3) is 0 Å². The van der Waals surface area contributed by atoms with Gasteiger partial charge in [-0.1, -0.05) is 41.9 Å². The number of terminal acetylenes is 1. The Morgan fingerprint density at radius 2 is 1.82 bits per heavy atom. The molecule has 0 bridgehead atoms. The van der Waals surface area contributed by atoms with Crippen molar-refractivity contribution in [3.05, 3.63) is 75.3 Å². The molecule has 0 unspecified atom stereocenters. The number of nitrogens with zero attached hydrogens (tertiary/aromatic N) is 3. The second-order valence-electron chi connectivity index (χ2n) is 6.33. The lowest BCUT2D eigenvalue weighted by atomic mass is 10.0.